The number of benzene rings is 1. The number of rotatable bonds is 7. The lowest BCUT2D eigenvalue weighted by Crippen LogP contribution is -2.38. The van der Waals surface area contributed by atoms with Crippen molar-refractivity contribution < 1.29 is 19.1 Å². The average molecular weight is 318 g/mol. The fraction of sp³-hybridized carbons (Fsp3) is 0.412. The second-order valence-electron chi connectivity index (χ2n) is 5.31. The van der Waals surface area contributed by atoms with Crippen molar-refractivity contribution in [1.29, 1.82) is 0 Å². The molecule has 6 heteroatoms. The van der Waals surface area contributed by atoms with Gasteiger partial charge in [0.15, 0.2) is 0 Å². The molecular formula is C17H22N2O4. The number of nitrogens with one attached hydrogen (secondary N) is 1. The van der Waals surface area contributed by atoms with Gasteiger partial charge in [0, 0.05) is 18.3 Å². The van der Waals surface area contributed by atoms with Crippen LogP contribution < -0.4 is 10.2 Å². The van der Waals surface area contributed by atoms with E-state index in [9.17, 15) is 9.59 Å². The number of nitrogens with zero attached hydrogens (tertiary/aromatic N) is 1. The Labute approximate surface area is 136 Å². The van der Waals surface area contributed by atoms with Gasteiger partial charge in [-0.3, -0.25) is 4.79 Å². The second-order valence-corrected chi connectivity index (χ2v) is 5.31. The largest absolute Gasteiger partial charge is 0.467 e. The van der Waals surface area contributed by atoms with E-state index < -0.39 is 0 Å². The van der Waals surface area contributed by atoms with E-state index in [1.165, 1.54) is 13.2 Å². The first-order valence-electron chi connectivity index (χ1n) is 7.55. The third-order valence-electron chi connectivity index (χ3n) is 3.76. The molecule has 0 spiro atoms. The molecule has 23 heavy (non-hydrogen) atoms. The molecule has 1 aromatic carbocycles. The molecule has 1 fully saturated rings. The zero-order chi connectivity index (χ0) is 16.7. The predicted molar refractivity (Wildman–Crippen MR) is 87.2 cm³/mol. The second kappa shape index (κ2) is 8.33. The van der Waals surface area contributed by atoms with E-state index in [2.05, 4.69) is 11.9 Å². The Morgan fingerprint density at radius 1 is 1.39 bits per heavy atom. The highest BCUT2D eigenvalue weighted by molar-refractivity contribution is 5.81. The minimum Gasteiger partial charge on any atom is -0.467 e. The summed E-state index contributed by atoms with van der Waals surface area (Å²) in [6, 6.07) is 9.35. The van der Waals surface area contributed by atoms with Crippen molar-refractivity contribution in [3.05, 3.63) is 43.0 Å². The maximum absolute atomic E-state index is 12.0. The lowest BCUT2D eigenvalue weighted by molar-refractivity contribution is -0.142. The van der Waals surface area contributed by atoms with Crippen molar-refractivity contribution in [3.8, 4) is 0 Å². The molecular weight excluding hydrogens is 296 g/mol. The predicted octanol–water partition coefficient (Wildman–Crippen LogP) is 1.13. The van der Waals surface area contributed by atoms with E-state index in [1.807, 2.05) is 35.2 Å². The number of ether oxygens (including phenoxy) is 2. The number of hydrogen-bond donors (Lipinski definition) is 1. The van der Waals surface area contributed by atoms with Crippen LogP contribution in [0, 0.1) is 0 Å². The molecule has 0 saturated carbocycles. The highest BCUT2D eigenvalue weighted by Gasteiger charge is 2.37. The van der Waals surface area contributed by atoms with Gasteiger partial charge < -0.3 is 19.7 Å². The quantitative estimate of drug-likeness (QED) is 0.600. The van der Waals surface area contributed by atoms with E-state index >= 15 is 0 Å². The number of hydrogen-bond acceptors (Lipinski definition) is 6. The van der Waals surface area contributed by atoms with Crippen LogP contribution in [0.4, 0.5) is 5.69 Å². The zero-order valence-electron chi connectivity index (χ0n) is 13.2. The fourth-order valence-electron chi connectivity index (χ4n) is 2.68. The Morgan fingerprint density at radius 3 is 2.78 bits per heavy atom. The summed E-state index contributed by atoms with van der Waals surface area (Å²) in [4.78, 5) is 25.6. The van der Waals surface area contributed by atoms with Crippen molar-refractivity contribution in [2.45, 2.75) is 18.5 Å². The molecule has 1 heterocycles. The van der Waals surface area contributed by atoms with E-state index in [1.54, 1.807) is 0 Å². The van der Waals surface area contributed by atoms with Gasteiger partial charge in [0.05, 0.1) is 13.7 Å². The molecule has 6 nitrogen and oxygen atoms in total. The van der Waals surface area contributed by atoms with Crippen molar-refractivity contribution in [1.82, 2.24) is 5.32 Å². The van der Waals surface area contributed by atoms with Gasteiger partial charge in [0.25, 0.3) is 0 Å². The summed E-state index contributed by atoms with van der Waals surface area (Å²) >= 11 is 0. The van der Waals surface area contributed by atoms with Gasteiger partial charge in [-0.2, -0.15) is 0 Å². The summed E-state index contributed by atoms with van der Waals surface area (Å²) in [6.07, 6.45) is 2.11. The summed E-state index contributed by atoms with van der Waals surface area (Å²) in [7, 11) is 1.39. The van der Waals surface area contributed by atoms with Crippen LogP contribution in [-0.4, -0.2) is 50.8 Å². The number of para-hydroxylation sites is 1. The summed E-state index contributed by atoms with van der Waals surface area (Å²) in [6.45, 7) is 4.43. The summed E-state index contributed by atoms with van der Waals surface area (Å²) in [5, 5.41) is 3.14. The fourth-order valence-corrected chi connectivity index (χ4v) is 2.68. The molecule has 0 unspecified atom stereocenters. The van der Waals surface area contributed by atoms with E-state index in [0.717, 1.165) is 5.69 Å². The molecule has 1 aliphatic rings. The van der Waals surface area contributed by atoms with Crippen molar-refractivity contribution in [3.63, 3.8) is 0 Å². The Morgan fingerprint density at radius 2 is 2.13 bits per heavy atom. The molecule has 1 aliphatic heterocycles. The lowest BCUT2D eigenvalue weighted by atomic mass is 10.1. The van der Waals surface area contributed by atoms with Crippen LogP contribution in [0.1, 0.15) is 6.42 Å². The molecule has 0 aliphatic carbocycles. The van der Waals surface area contributed by atoms with Gasteiger partial charge >= 0.3 is 11.9 Å². The minimum absolute atomic E-state index is 0.00980. The molecule has 0 amide bonds. The van der Waals surface area contributed by atoms with E-state index in [-0.39, 0.29) is 37.2 Å². The number of carbonyl (C=O) groups excluding carboxylic acids is 2. The van der Waals surface area contributed by atoms with Gasteiger partial charge in [-0.05, 0) is 18.6 Å². The van der Waals surface area contributed by atoms with Crippen LogP contribution in [0.3, 0.4) is 0 Å². The van der Waals surface area contributed by atoms with Crippen molar-refractivity contribution in [2.75, 3.05) is 31.7 Å². The Hall–Kier alpha value is -2.34. The summed E-state index contributed by atoms with van der Waals surface area (Å²) in [5.41, 5.74) is 0.960. The molecule has 1 saturated heterocycles. The van der Waals surface area contributed by atoms with Crippen LogP contribution in [0.15, 0.2) is 43.0 Å². The maximum atomic E-state index is 12.0. The van der Waals surface area contributed by atoms with Gasteiger partial charge in [-0.25, -0.2) is 4.79 Å². The van der Waals surface area contributed by atoms with Gasteiger partial charge in [0.2, 0.25) is 0 Å². The van der Waals surface area contributed by atoms with Crippen LogP contribution in [0.5, 0.6) is 0 Å². The third kappa shape index (κ3) is 4.56. The maximum Gasteiger partial charge on any atom is 0.328 e. The Bertz CT molecular complexity index is 547. The highest BCUT2D eigenvalue weighted by atomic mass is 16.5. The van der Waals surface area contributed by atoms with Crippen LogP contribution >= 0.6 is 0 Å². The SMILES string of the molecule is C=CCOC(=O)CN[C@@H]1C[C@@H](C(=O)OC)N(c2ccccc2)C1. The van der Waals surface area contributed by atoms with Crippen LogP contribution in [0.2, 0.25) is 0 Å². The minimum atomic E-state index is -0.357. The molecule has 1 aromatic rings. The van der Waals surface area contributed by atoms with Crippen molar-refractivity contribution >= 4 is 17.6 Å². The molecule has 0 bridgehead atoms. The number of anilines is 1. The molecule has 2 atom stereocenters. The summed E-state index contributed by atoms with van der Waals surface area (Å²) < 4.78 is 9.84. The van der Waals surface area contributed by atoms with Crippen LogP contribution in [-0.2, 0) is 19.1 Å². The van der Waals surface area contributed by atoms with Gasteiger partial charge in [0.1, 0.15) is 12.6 Å². The Balaban J connectivity index is 1.98. The summed E-state index contributed by atoms with van der Waals surface area (Å²) in [5.74, 6) is -0.606. The van der Waals surface area contributed by atoms with Crippen LogP contribution in [0.25, 0.3) is 0 Å². The van der Waals surface area contributed by atoms with Gasteiger partial charge in [-0.1, -0.05) is 30.9 Å². The monoisotopic (exact) mass is 318 g/mol. The lowest BCUT2D eigenvalue weighted by Gasteiger charge is -2.24. The van der Waals surface area contributed by atoms with E-state index in [4.69, 9.17) is 9.47 Å². The molecule has 124 valence electrons. The first kappa shape index (κ1) is 17.0. The van der Waals surface area contributed by atoms with Gasteiger partial charge in [-0.15, -0.1) is 0 Å². The molecule has 2 rings (SSSR count). The number of esters is 2. The topological polar surface area (TPSA) is 67.9 Å². The molecule has 1 N–H and O–H groups in total. The third-order valence-corrected chi connectivity index (χ3v) is 3.76. The molecule has 0 radical (unpaired) electrons. The number of methoxy groups -OCH3 is 1. The Kier molecular flexibility index (Phi) is 6.17. The smallest absolute Gasteiger partial charge is 0.328 e. The first-order chi connectivity index (χ1) is 11.2. The standard InChI is InChI=1S/C17H22N2O4/c1-3-9-23-16(20)11-18-13-10-15(17(21)22-2)19(12-13)14-7-5-4-6-8-14/h3-8,13,15,18H,1,9-12H2,2H3/t13-,15+/m1/s1. The van der Waals surface area contributed by atoms with Crippen molar-refractivity contribution in [2.24, 2.45) is 0 Å². The highest BCUT2D eigenvalue weighted by Crippen LogP contribution is 2.26. The first-order valence-corrected chi connectivity index (χ1v) is 7.55. The molecule has 0 aromatic heterocycles. The number of carbonyl (C=O) groups is 2. The zero-order valence-corrected chi connectivity index (χ0v) is 13.2. The normalized spacial score (nSPS) is 20.1. The average Bonchev–Trinajstić information content (AvgIpc) is 3.02. The van der Waals surface area contributed by atoms with E-state index in [0.29, 0.717) is 13.0 Å².